The first-order valence-corrected chi connectivity index (χ1v) is 32.0. The molecule has 0 rings (SSSR count). The number of carbonyl (C=O) groups excluding carboxylic acids is 1. The third kappa shape index (κ3) is 54.8. The second-order valence-electron chi connectivity index (χ2n) is 22.4. The van der Waals surface area contributed by atoms with Gasteiger partial charge in [0.2, 0.25) is 5.91 Å². The smallest absolute Gasteiger partial charge is 0.268 e. The minimum absolute atomic E-state index is 0.00258. The van der Waals surface area contributed by atoms with Crippen molar-refractivity contribution >= 4 is 13.7 Å². The monoisotopic (exact) mass is 997 g/mol. The second-order valence-corrected chi connectivity index (χ2v) is 23.8. The van der Waals surface area contributed by atoms with Gasteiger partial charge >= 0.3 is 0 Å². The molecule has 0 aliphatic heterocycles. The number of carbonyl (C=O) groups is 1. The minimum atomic E-state index is -4.59. The first-order chi connectivity index (χ1) is 33.5. The van der Waals surface area contributed by atoms with Gasteiger partial charge in [-0.2, -0.15) is 0 Å². The molecule has 69 heavy (non-hydrogen) atoms. The highest BCUT2D eigenvalue weighted by atomic mass is 31.2. The van der Waals surface area contributed by atoms with Crippen LogP contribution in [0.1, 0.15) is 316 Å². The standard InChI is InChI=1S/C60H121N2O6P/c1-6-8-10-12-14-16-18-20-22-23-24-25-26-27-28-29-30-31-32-33-34-35-36-37-38-40-42-44-46-48-50-52-54-60(64)61-58(57-68-69(65,66)67-56-55-62(3,4)5)59(63)53-51-49-47-45-43-41-39-21-19-17-15-13-11-9-7-2/h51,53,58-59,63H,6-50,52,54-57H2,1-5H3,(H-,61,64,65,66)/b53-51+. The Morgan fingerprint density at radius 1 is 0.493 bits per heavy atom. The van der Waals surface area contributed by atoms with Crippen molar-refractivity contribution in [3.63, 3.8) is 0 Å². The molecule has 3 atom stereocenters. The molecule has 9 heteroatoms. The molecule has 0 saturated carbocycles. The number of nitrogens with zero attached hydrogens (tertiary/aromatic N) is 1. The molecule has 0 spiro atoms. The maximum atomic E-state index is 13.0. The number of aliphatic hydroxyl groups excluding tert-OH is 1. The van der Waals surface area contributed by atoms with E-state index in [4.69, 9.17) is 9.05 Å². The normalized spacial score (nSPS) is 13.9. The van der Waals surface area contributed by atoms with Crippen LogP contribution in [0.25, 0.3) is 0 Å². The molecule has 3 unspecified atom stereocenters. The molecule has 2 N–H and O–H groups in total. The number of allylic oxidation sites excluding steroid dienone is 1. The Kier molecular flexibility index (Phi) is 51.5. The number of unbranched alkanes of at least 4 members (excludes halogenated alkanes) is 44. The summed E-state index contributed by atoms with van der Waals surface area (Å²) in [4.78, 5) is 25.5. The first kappa shape index (κ1) is 68.2. The lowest BCUT2D eigenvalue weighted by molar-refractivity contribution is -0.870. The number of aliphatic hydroxyl groups is 1. The van der Waals surface area contributed by atoms with Crippen LogP contribution >= 0.6 is 7.82 Å². The number of nitrogens with one attached hydrogen (secondary N) is 1. The zero-order valence-electron chi connectivity index (χ0n) is 47.0. The maximum absolute atomic E-state index is 13.0. The van der Waals surface area contributed by atoms with E-state index < -0.39 is 20.0 Å². The number of hydrogen-bond acceptors (Lipinski definition) is 6. The molecule has 0 aromatic carbocycles. The summed E-state index contributed by atoms with van der Waals surface area (Å²) in [7, 11) is 1.28. The van der Waals surface area contributed by atoms with Crippen molar-refractivity contribution in [1.29, 1.82) is 0 Å². The molecule has 0 bridgehead atoms. The highest BCUT2D eigenvalue weighted by Crippen LogP contribution is 2.38. The molecule has 1 amide bonds. The number of phosphoric acid groups is 1. The van der Waals surface area contributed by atoms with Crippen LogP contribution in [0.15, 0.2) is 12.2 Å². The number of hydrogen-bond donors (Lipinski definition) is 2. The van der Waals surface area contributed by atoms with Gasteiger partial charge in [-0.3, -0.25) is 9.36 Å². The van der Waals surface area contributed by atoms with Gasteiger partial charge in [-0.25, -0.2) is 0 Å². The lowest BCUT2D eigenvalue weighted by atomic mass is 10.0. The zero-order chi connectivity index (χ0) is 50.6. The molecular formula is C60H121N2O6P. The predicted octanol–water partition coefficient (Wildman–Crippen LogP) is 18.0. The number of phosphoric ester groups is 1. The third-order valence-electron chi connectivity index (χ3n) is 14.2. The fourth-order valence-corrected chi connectivity index (χ4v) is 10.2. The molecule has 0 heterocycles. The number of quaternary nitrogens is 1. The summed E-state index contributed by atoms with van der Waals surface area (Å²) in [5.74, 6) is -0.190. The zero-order valence-corrected chi connectivity index (χ0v) is 47.9. The van der Waals surface area contributed by atoms with Crippen LogP contribution in [0.3, 0.4) is 0 Å². The van der Waals surface area contributed by atoms with Crippen molar-refractivity contribution in [2.24, 2.45) is 0 Å². The van der Waals surface area contributed by atoms with E-state index in [1.807, 2.05) is 27.2 Å². The van der Waals surface area contributed by atoms with Crippen LogP contribution in [-0.2, 0) is 18.4 Å². The first-order valence-electron chi connectivity index (χ1n) is 30.6. The van der Waals surface area contributed by atoms with Gasteiger partial charge in [-0.1, -0.05) is 302 Å². The van der Waals surface area contributed by atoms with E-state index in [0.29, 0.717) is 17.4 Å². The molecule has 0 aromatic heterocycles. The SMILES string of the molecule is CCCCCCCCCCCCCCC/C=C/C(O)C(COP(=O)([O-])OCC[N+](C)(C)C)NC(=O)CCCCCCCCCCCCCCCCCCCCCCCCCCCCCCCCCC. The average Bonchev–Trinajstić information content (AvgIpc) is 3.31. The molecule has 0 aromatic rings. The van der Waals surface area contributed by atoms with Gasteiger partial charge in [0.1, 0.15) is 13.2 Å². The van der Waals surface area contributed by atoms with Gasteiger partial charge in [0.25, 0.3) is 7.82 Å². The molecule has 412 valence electrons. The molecule has 0 aliphatic carbocycles. The average molecular weight is 998 g/mol. The second kappa shape index (κ2) is 52.1. The van der Waals surface area contributed by atoms with Crippen molar-refractivity contribution in [2.45, 2.75) is 328 Å². The van der Waals surface area contributed by atoms with Gasteiger partial charge in [-0.05, 0) is 19.3 Å². The van der Waals surface area contributed by atoms with Crippen molar-refractivity contribution < 1.29 is 32.9 Å². The van der Waals surface area contributed by atoms with Crippen LogP contribution < -0.4 is 10.2 Å². The van der Waals surface area contributed by atoms with Crippen LogP contribution in [0, 0.1) is 0 Å². The van der Waals surface area contributed by atoms with Crippen molar-refractivity contribution in [3.05, 3.63) is 12.2 Å². The Bertz CT molecular complexity index is 1130. The molecule has 0 fully saturated rings. The van der Waals surface area contributed by atoms with Crippen LogP contribution in [-0.4, -0.2) is 68.5 Å². The fourth-order valence-electron chi connectivity index (χ4n) is 9.45. The fraction of sp³-hybridized carbons (Fsp3) is 0.950. The van der Waals surface area contributed by atoms with Gasteiger partial charge in [-0.15, -0.1) is 0 Å². The Labute approximate surface area is 431 Å². The third-order valence-corrected chi connectivity index (χ3v) is 15.2. The lowest BCUT2D eigenvalue weighted by Gasteiger charge is -2.29. The van der Waals surface area contributed by atoms with Crippen molar-refractivity contribution in [3.8, 4) is 0 Å². The Morgan fingerprint density at radius 3 is 1.09 bits per heavy atom. The Hall–Kier alpha value is -0.760. The van der Waals surface area contributed by atoms with Crippen LogP contribution in [0.2, 0.25) is 0 Å². The van der Waals surface area contributed by atoms with Gasteiger partial charge < -0.3 is 28.8 Å². The quantitative estimate of drug-likeness (QED) is 0.0272. The summed E-state index contributed by atoms with van der Waals surface area (Å²) in [5.41, 5.74) is 0. The summed E-state index contributed by atoms with van der Waals surface area (Å²) >= 11 is 0. The molecule has 0 aliphatic rings. The molecule has 0 saturated heterocycles. The number of likely N-dealkylation sites (N-methyl/N-ethyl adjacent to an activating group) is 1. The van der Waals surface area contributed by atoms with E-state index in [-0.39, 0.29) is 19.1 Å². The maximum Gasteiger partial charge on any atom is 0.268 e. The van der Waals surface area contributed by atoms with Gasteiger partial charge in [0.05, 0.1) is 39.9 Å². The summed E-state index contributed by atoms with van der Waals surface area (Å²) in [6.45, 7) is 4.70. The Balaban J connectivity index is 3.99. The highest BCUT2D eigenvalue weighted by molar-refractivity contribution is 7.45. The Morgan fingerprint density at radius 2 is 0.783 bits per heavy atom. The van der Waals surface area contributed by atoms with Crippen LogP contribution in [0.4, 0.5) is 0 Å². The van der Waals surface area contributed by atoms with E-state index >= 15 is 0 Å². The van der Waals surface area contributed by atoms with Crippen LogP contribution in [0.5, 0.6) is 0 Å². The van der Waals surface area contributed by atoms with E-state index in [1.165, 1.54) is 257 Å². The van der Waals surface area contributed by atoms with E-state index in [9.17, 15) is 19.4 Å². The molecular weight excluding hydrogens is 876 g/mol. The molecule has 0 radical (unpaired) electrons. The van der Waals surface area contributed by atoms with Crippen molar-refractivity contribution in [1.82, 2.24) is 5.32 Å². The summed E-state index contributed by atoms with van der Waals surface area (Å²) in [6.07, 6.45) is 64.5. The number of amides is 1. The summed E-state index contributed by atoms with van der Waals surface area (Å²) in [6, 6.07) is -0.881. The van der Waals surface area contributed by atoms with E-state index in [1.54, 1.807) is 6.08 Å². The van der Waals surface area contributed by atoms with Gasteiger partial charge in [0, 0.05) is 6.42 Å². The van der Waals surface area contributed by atoms with Gasteiger partial charge in [0.15, 0.2) is 0 Å². The largest absolute Gasteiger partial charge is 0.756 e. The van der Waals surface area contributed by atoms with E-state index in [0.717, 1.165) is 38.5 Å². The topological polar surface area (TPSA) is 108 Å². The number of rotatable bonds is 57. The lowest BCUT2D eigenvalue weighted by Crippen LogP contribution is -2.45. The summed E-state index contributed by atoms with van der Waals surface area (Å²) in [5, 5.41) is 13.9. The highest BCUT2D eigenvalue weighted by Gasteiger charge is 2.23. The summed E-state index contributed by atoms with van der Waals surface area (Å²) < 4.78 is 23.3. The minimum Gasteiger partial charge on any atom is -0.756 e. The van der Waals surface area contributed by atoms with E-state index in [2.05, 4.69) is 19.2 Å². The molecule has 8 nitrogen and oxygen atoms in total. The predicted molar refractivity (Wildman–Crippen MR) is 298 cm³/mol. The van der Waals surface area contributed by atoms with Crippen molar-refractivity contribution in [2.75, 3.05) is 40.9 Å².